The number of benzene rings is 6. The average molecular weight is 866 g/mol. The Morgan fingerprint density at radius 2 is 1.12 bits per heavy atom. The topological polar surface area (TPSA) is 128 Å². The number of carbonyl (C=O) groups excluding carboxylic acids is 3. The zero-order valence-electron chi connectivity index (χ0n) is 35.5. The highest BCUT2D eigenvalue weighted by Crippen LogP contribution is 2.32. The molecule has 8 rings (SSSR count). The van der Waals surface area contributed by atoms with Gasteiger partial charge >= 0.3 is 17.9 Å². The van der Waals surface area contributed by atoms with Gasteiger partial charge in [-0.1, -0.05) is 121 Å². The summed E-state index contributed by atoms with van der Waals surface area (Å²) in [5.74, 6) is -2.23. The summed E-state index contributed by atoms with van der Waals surface area (Å²) < 4.78 is 43.5. The second-order valence-corrected chi connectivity index (χ2v) is 15.8. The minimum atomic E-state index is -1.39. The van der Waals surface area contributed by atoms with Crippen LogP contribution in [-0.4, -0.2) is 93.2 Å². The second-order valence-electron chi connectivity index (χ2n) is 15.8. The van der Waals surface area contributed by atoms with Crippen molar-refractivity contribution in [1.82, 2.24) is 5.06 Å². The monoisotopic (exact) mass is 865 g/mol. The lowest BCUT2D eigenvalue weighted by atomic mass is 9.96. The number of nitrogens with zero attached hydrogens (tertiary/aromatic N) is 1. The van der Waals surface area contributed by atoms with Crippen molar-refractivity contribution in [3.63, 3.8) is 0 Å². The van der Waals surface area contributed by atoms with E-state index >= 15 is 0 Å². The highest BCUT2D eigenvalue weighted by atomic mass is 16.7. The Labute approximate surface area is 372 Å². The fraction of sp³-hybridized carbons (Fsp3) is 0.288. The van der Waals surface area contributed by atoms with Crippen molar-refractivity contribution in [3.8, 4) is 0 Å². The zero-order valence-corrected chi connectivity index (χ0v) is 35.5. The molecule has 330 valence electrons. The third-order valence-electron chi connectivity index (χ3n) is 11.4. The van der Waals surface area contributed by atoms with E-state index in [0.717, 1.165) is 16.5 Å². The maximum Gasteiger partial charge on any atom is 0.338 e. The van der Waals surface area contributed by atoms with E-state index in [1.165, 1.54) is 12.5 Å². The van der Waals surface area contributed by atoms with Crippen LogP contribution in [0.4, 0.5) is 0 Å². The smallest absolute Gasteiger partial charge is 0.338 e. The molecule has 2 aliphatic rings. The SMILES string of the molecule is CO[C@H]1O[C@H](CON2CC[C@H](OCc3ccc4ccccc4c3)[C@@H](COCc3ccccc3)C2)[C@@H](OC(=O)c2ccccc2)[C@H](OC(=O)c2ccccc2)[C@H]1OC(=O)c1ccccc1. The van der Waals surface area contributed by atoms with E-state index in [-0.39, 0.29) is 35.3 Å². The van der Waals surface area contributed by atoms with Crippen LogP contribution in [0.25, 0.3) is 10.8 Å². The molecule has 0 N–H and O–H groups in total. The van der Waals surface area contributed by atoms with Crippen molar-refractivity contribution >= 4 is 28.7 Å². The molecule has 12 heteroatoms. The number of piperidine rings is 1. The van der Waals surface area contributed by atoms with Crippen LogP contribution in [0.1, 0.15) is 48.6 Å². The maximum absolute atomic E-state index is 13.8. The van der Waals surface area contributed by atoms with Gasteiger partial charge in [0.05, 0.1) is 49.2 Å². The predicted molar refractivity (Wildman–Crippen MR) is 237 cm³/mol. The number of hydrogen-bond donors (Lipinski definition) is 0. The Hall–Kier alpha value is -6.25. The molecule has 2 aliphatic heterocycles. The molecular formula is C52H51NO11. The van der Waals surface area contributed by atoms with Gasteiger partial charge in [-0.3, -0.25) is 4.84 Å². The molecule has 0 radical (unpaired) electrons. The van der Waals surface area contributed by atoms with Crippen LogP contribution >= 0.6 is 0 Å². The number of hydroxylamine groups is 2. The number of hydrogen-bond acceptors (Lipinski definition) is 12. The lowest BCUT2D eigenvalue weighted by Gasteiger charge is -2.45. The minimum absolute atomic E-state index is 0.0787. The molecule has 64 heavy (non-hydrogen) atoms. The summed E-state index contributed by atoms with van der Waals surface area (Å²) in [6.07, 6.45) is -5.89. The third kappa shape index (κ3) is 11.5. The highest BCUT2D eigenvalue weighted by Gasteiger charge is 2.53. The van der Waals surface area contributed by atoms with Crippen LogP contribution in [0.15, 0.2) is 164 Å². The van der Waals surface area contributed by atoms with Crippen molar-refractivity contribution in [2.75, 3.05) is 33.4 Å². The Morgan fingerprint density at radius 3 is 1.73 bits per heavy atom. The number of fused-ring (bicyclic) bond motifs is 1. The molecule has 6 aromatic carbocycles. The highest BCUT2D eigenvalue weighted by molar-refractivity contribution is 5.91. The van der Waals surface area contributed by atoms with E-state index in [1.807, 2.05) is 47.5 Å². The summed E-state index contributed by atoms with van der Waals surface area (Å²) in [6.45, 7) is 2.11. The molecule has 0 aliphatic carbocycles. The lowest BCUT2D eigenvalue weighted by Crippen LogP contribution is -2.63. The van der Waals surface area contributed by atoms with Crippen molar-refractivity contribution in [1.29, 1.82) is 0 Å². The fourth-order valence-corrected chi connectivity index (χ4v) is 7.99. The summed E-state index contributed by atoms with van der Waals surface area (Å²) in [4.78, 5) is 47.8. The van der Waals surface area contributed by atoms with E-state index < -0.39 is 48.6 Å². The molecule has 0 bridgehead atoms. The Balaban J connectivity index is 1.02. The molecule has 7 atom stereocenters. The van der Waals surface area contributed by atoms with Crippen molar-refractivity contribution in [2.24, 2.45) is 5.92 Å². The number of ether oxygens (including phenoxy) is 7. The van der Waals surface area contributed by atoms with Gasteiger partial charge in [-0.15, -0.1) is 0 Å². The minimum Gasteiger partial charge on any atom is -0.452 e. The number of carbonyl (C=O) groups is 3. The van der Waals surface area contributed by atoms with Crippen LogP contribution in [0.3, 0.4) is 0 Å². The molecule has 6 aromatic rings. The van der Waals surface area contributed by atoms with Gasteiger partial charge in [0.15, 0.2) is 24.6 Å². The van der Waals surface area contributed by atoms with Crippen molar-refractivity contribution in [3.05, 3.63) is 192 Å². The van der Waals surface area contributed by atoms with E-state index in [1.54, 1.807) is 91.0 Å². The van der Waals surface area contributed by atoms with Gasteiger partial charge in [-0.2, -0.15) is 5.06 Å². The molecule has 0 aromatic heterocycles. The number of rotatable bonds is 17. The van der Waals surface area contributed by atoms with Gasteiger partial charge in [0, 0.05) is 26.1 Å². The molecule has 0 unspecified atom stereocenters. The maximum atomic E-state index is 13.8. The summed E-state index contributed by atoms with van der Waals surface area (Å²) in [5.41, 5.74) is 2.89. The van der Waals surface area contributed by atoms with Gasteiger partial charge in [0.2, 0.25) is 0 Å². The van der Waals surface area contributed by atoms with E-state index in [4.69, 9.17) is 38.0 Å². The van der Waals surface area contributed by atoms with Crippen molar-refractivity contribution < 1.29 is 52.4 Å². The standard InChI is InChI=1S/C52H51NO11/c1-57-52-48(64-51(56)41-23-12-5-13-24-41)47(63-50(55)40-21-10-4-11-22-40)46(62-49(54)39-19-8-3-9-20-39)45(61-52)35-60-53-29-28-44(43(31-53)34-58-32-36-16-6-2-7-17-36)59-33-37-26-27-38-18-14-15-25-42(38)30-37/h2-27,30,43-48,52H,28-29,31-35H2,1H3/t43-,44+,45-,46-,47+,48-,52+/m1/s1. The van der Waals surface area contributed by atoms with Gasteiger partial charge < -0.3 is 33.2 Å². The fourth-order valence-electron chi connectivity index (χ4n) is 7.99. The van der Waals surface area contributed by atoms with E-state index in [0.29, 0.717) is 39.3 Å². The third-order valence-corrected chi connectivity index (χ3v) is 11.4. The van der Waals surface area contributed by atoms with Crippen LogP contribution < -0.4 is 0 Å². The molecule has 2 heterocycles. The molecule has 12 nitrogen and oxygen atoms in total. The Kier molecular flexibility index (Phi) is 15.2. The van der Waals surface area contributed by atoms with Crippen LogP contribution in [-0.2, 0) is 51.2 Å². The average Bonchev–Trinajstić information content (AvgIpc) is 3.35. The van der Waals surface area contributed by atoms with Gasteiger partial charge in [0.1, 0.15) is 6.10 Å². The van der Waals surface area contributed by atoms with Crippen molar-refractivity contribution in [2.45, 2.75) is 56.4 Å². The molecular weight excluding hydrogens is 815 g/mol. The summed E-state index contributed by atoms with van der Waals surface area (Å²) >= 11 is 0. The first-order valence-electron chi connectivity index (χ1n) is 21.5. The molecule has 0 saturated carbocycles. The lowest BCUT2D eigenvalue weighted by molar-refractivity contribution is -0.310. The van der Waals surface area contributed by atoms with Gasteiger partial charge in [0.25, 0.3) is 0 Å². The number of methoxy groups -OCH3 is 1. The first-order valence-corrected chi connectivity index (χ1v) is 21.5. The quantitative estimate of drug-likeness (QED) is 0.0647. The first kappa shape index (κ1) is 44.4. The van der Waals surface area contributed by atoms with Crippen LogP contribution in [0, 0.1) is 5.92 Å². The summed E-state index contributed by atoms with van der Waals surface area (Å²) in [6, 6.07) is 49.8. The zero-order chi connectivity index (χ0) is 44.1. The number of esters is 3. The summed E-state index contributed by atoms with van der Waals surface area (Å²) in [7, 11) is 1.39. The normalized spacial score (nSPS) is 22.4. The molecule has 2 saturated heterocycles. The van der Waals surface area contributed by atoms with Gasteiger partial charge in [-0.25, -0.2) is 14.4 Å². The second kappa shape index (κ2) is 21.9. The van der Waals surface area contributed by atoms with Gasteiger partial charge in [-0.05, 0) is 70.8 Å². The Morgan fingerprint density at radius 1 is 0.578 bits per heavy atom. The first-order chi connectivity index (χ1) is 31.4. The van der Waals surface area contributed by atoms with E-state index in [9.17, 15) is 14.4 Å². The van der Waals surface area contributed by atoms with E-state index in [2.05, 4.69) is 30.3 Å². The summed E-state index contributed by atoms with van der Waals surface area (Å²) in [5, 5.41) is 4.16. The molecule has 2 fully saturated rings. The van der Waals surface area contributed by atoms with Crippen LogP contribution in [0.2, 0.25) is 0 Å². The molecule has 0 spiro atoms. The Bertz CT molecular complexity index is 2420. The largest absolute Gasteiger partial charge is 0.452 e. The van der Waals surface area contributed by atoms with Crippen LogP contribution in [0.5, 0.6) is 0 Å². The predicted octanol–water partition coefficient (Wildman–Crippen LogP) is 8.24. The molecule has 0 amide bonds.